The van der Waals surface area contributed by atoms with Gasteiger partial charge in [0.05, 0.1) is 0 Å². The van der Waals surface area contributed by atoms with Crippen molar-refractivity contribution in [2.45, 2.75) is 19.3 Å². The summed E-state index contributed by atoms with van der Waals surface area (Å²) >= 11 is 0. The number of fused-ring (bicyclic) bond motifs is 1. The first-order valence-corrected chi connectivity index (χ1v) is 3.46. The van der Waals surface area contributed by atoms with Gasteiger partial charge >= 0.3 is 0 Å². The Bertz CT molecular complexity index is 209. The molecule has 0 bridgehead atoms. The zero-order valence-electron chi connectivity index (χ0n) is 5.71. The van der Waals surface area contributed by atoms with E-state index in [4.69, 9.17) is 0 Å². The summed E-state index contributed by atoms with van der Waals surface area (Å²) in [4.78, 5) is 0. The zero-order chi connectivity index (χ0) is 6.10. The first-order valence-electron chi connectivity index (χ1n) is 3.46. The Labute approximate surface area is 74.5 Å². The van der Waals surface area contributed by atoms with Crippen LogP contribution in [0, 0.1) is 6.08 Å². The number of hydrogen-bond donors (Lipinski definition) is 0. The van der Waals surface area contributed by atoms with Crippen molar-refractivity contribution in [3.8, 4) is 0 Å². The molecule has 0 spiro atoms. The van der Waals surface area contributed by atoms with Crippen LogP contribution in [0.4, 0.5) is 0 Å². The number of allylic oxidation sites excluding steroid dienone is 6. The molecule has 2 rings (SSSR count). The molecular formula is C9H9Ru. The van der Waals surface area contributed by atoms with Crippen molar-refractivity contribution < 1.29 is 19.5 Å². The minimum atomic E-state index is 0. The molecule has 0 aromatic carbocycles. The first kappa shape index (κ1) is 7.94. The molecule has 0 aromatic rings. The molecule has 10 heavy (non-hydrogen) atoms. The van der Waals surface area contributed by atoms with Crippen molar-refractivity contribution in [3.63, 3.8) is 0 Å². The number of hydrogen-bond acceptors (Lipinski definition) is 0. The molecule has 0 fully saturated rings. The predicted molar refractivity (Wildman–Crippen MR) is 37.8 cm³/mol. The van der Waals surface area contributed by atoms with Crippen molar-refractivity contribution in [2.75, 3.05) is 0 Å². The smallest absolute Gasteiger partial charge is 0 e. The molecule has 1 radical (unpaired) electrons. The maximum Gasteiger partial charge on any atom is 0 e. The molecule has 53 valence electrons. The van der Waals surface area contributed by atoms with E-state index in [0.717, 1.165) is 0 Å². The minimum Gasteiger partial charge on any atom is -0.0770 e. The Hall–Kier alpha value is -0.157. The summed E-state index contributed by atoms with van der Waals surface area (Å²) in [6.45, 7) is 0. The van der Waals surface area contributed by atoms with Gasteiger partial charge in [0.25, 0.3) is 0 Å². The largest absolute Gasteiger partial charge is 0.0770 e. The van der Waals surface area contributed by atoms with Gasteiger partial charge in [0.2, 0.25) is 0 Å². The summed E-state index contributed by atoms with van der Waals surface area (Å²) in [7, 11) is 0. The van der Waals surface area contributed by atoms with E-state index in [1.807, 2.05) is 6.08 Å². The standard InChI is InChI=1S/C9H9.Ru/c1-2-5-9-7-3-6-8(9)4-1;/h3-4,6H,1-2,5H2;. The summed E-state index contributed by atoms with van der Waals surface area (Å²) in [6.07, 6.45) is 13.5. The Morgan fingerprint density at radius 1 is 1.40 bits per heavy atom. The van der Waals surface area contributed by atoms with Crippen LogP contribution in [0.3, 0.4) is 0 Å². The average Bonchev–Trinajstić information content (AvgIpc) is 2.33. The molecule has 0 saturated heterocycles. The normalized spacial score (nSPS) is 20.8. The van der Waals surface area contributed by atoms with E-state index in [2.05, 4.69) is 18.2 Å². The summed E-state index contributed by atoms with van der Waals surface area (Å²) in [5, 5.41) is 0. The van der Waals surface area contributed by atoms with Crippen LogP contribution in [0.1, 0.15) is 19.3 Å². The Balaban J connectivity index is 0.000000500. The first-order chi connectivity index (χ1) is 4.47. The van der Waals surface area contributed by atoms with Crippen LogP contribution in [-0.4, -0.2) is 0 Å². The Morgan fingerprint density at radius 3 is 3.10 bits per heavy atom. The van der Waals surface area contributed by atoms with E-state index in [1.165, 1.54) is 30.4 Å². The van der Waals surface area contributed by atoms with Crippen LogP contribution >= 0.6 is 0 Å². The van der Waals surface area contributed by atoms with Crippen molar-refractivity contribution in [3.05, 3.63) is 35.5 Å². The molecule has 2 aliphatic rings. The van der Waals surface area contributed by atoms with Crippen molar-refractivity contribution >= 4 is 0 Å². The van der Waals surface area contributed by atoms with E-state index in [9.17, 15) is 0 Å². The molecule has 0 saturated carbocycles. The molecule has 0 heterocycles. The van der Waals surface area contributed by atoms with E-state index < -0.39 is 0 Å². The van der Waals surface area contributed by atoms with Crippen molar-refractivity contribution in [1.29, 1.82) is 0 Å². The number of rotatable bonds is 0. The predicted octanol–water partition coefficient (Wildman–Crippen LogP) is 2.39. The van der Waals surface area contributed by atoms with Gasteiger partial charge < -0.3 is 0 Å². The second-order valence-electron chi connectivity index (χ2n) is 2.51. The SMILES string of the molecule is [C]1=C2CCCC=C2C=C1.[Ru]. The molecule has 2 aliphatic carbocycles. The molecule has 0 amide bonds. The fourth-order valence-corrected chi connectivity index (χ4v) is 1.36. The van der Waals surface area contributed by atoms with Crippen LogP contribution in [0.2, 0.25) is 0 Å². The fourth-order valence-electron chi connectivity index (χ4n) is 1.36. The van der Waals surface area contributed by atoms with E-state index >= 15 is 0 Å². The molecule has 1 heteroatoms. The molecule has 0 aromatic heterocycles. The second-order valence-corrected chi connectivity index (χ2v) is 2.51. The minimum absolute atomic E-state index is 0. The van der Waals surface area contributed by atoms with Gasteiger partial charge in [-0.05, 0) is 36.5 Å². The van der Waals surface area contributed by atoms with Crippen LogP contribution in [0.25, 0.3) is 0 Å². The monoisotopic (exact) mass is 219 g/mol. The maximum absolute atomic E-state index is 3.23. The van der Waals surface area contributed by atoms with Gasteiger partial charge in [-0.25, -0.2) is 0 Å². The molecule has 0 aliphatic heterocycles. The third kappa shape index (κ3) is 1.29. The molecular weight excluding hydrogens is 209 g/mol. The van der Waals surface area contributed by atoms with Gasteiger partial charge in [-0.3, -0.25) is 0 Å². The Kier molecular flexibility index (Phi) is 2.62. The molecule has 0 unspecified atom stereocenters. The van der Waals surface area contributed by atoms with E-state index in [1.54, 1.807) is 0 Å². The van der Waals surface area contributed by atoms with E-state index in [-0.39, 0.29) is 19.5 Å². The second kappa shape index (κ2) is 3.30. The zero-order valence-corrected chi connectivity index (χ0v) is 7.45. The van der Waals surface area contributed by atoms with Gasteiger partial charge in [0, 0.05) is 19.5 Å². The van der Waals surface area contributed by atoms with Crippen molar-refractivity contribution in [1.82, 2.24) is 0 Å². The van der Waals surface area contributed by atoms with Gasteiger partial charge in [0.1, 0.15) is 0 Å². The van der Waals surface area contributed by atoms with Gasteiger partial charge in [0.15, 0.2) is 0 Å². The average molecular weight is 218 g/mol. The molecule has 0 N–H and O–H groups in total. The van der Waals surface area contributed by atoms with E-state index in [0.29, 0.717) is 0 Å². The van der Waals surface area contributed by atoms with Crippen LogP contribution in [0.5, 0.6) is 0 Å². The van der Waals surface area contributed by atoms with Crippen LogP contribution < -0.4 is 0 Å². The third-order valence-corrected chi connectivity index (χ3v) is 1.86. The summed E-state index contributed by atoms with van der Waals surface area (Å²) in [6, 6.07) is 0. The summed E-state index contributed by atoms with van der Waals surface area (Å²) in [5.41, 5.74) is 2.84. The summed E-state index contributed by atoms with van der Waals surface area (Å²) in [5.74, 6) is 0. The quantitative estimate of drug-likeness (QED) is 0.548. The molecule has 0 atom stereocenters. The molecule has 0 nitrogen and oxygen atoms in total. The topological polar surface area (TPSA) is 0 Å². The van der Waals surface area contributed by atoms with Crippen LogP contribution in [-0.2, 0) is 19.5 Å². The fraction of sp³-hybridized carbons (Fsp3) is 0.333. The van der Waals surface area contributed by atoms with Gasteiger partial charge in [-0.15, -0.1) is 0 Å². The third-order valence-electron chi connectivity index (χ3n) is 1.86. The van der Waals surface area contributed by atoms with Crippen LogP contribution in [0.15, 0.2) is 29.4 Å². The van der Waals surface area contributed by atoms with Crippen molar-refractivity contribution in [2.24, 2.45) is 0 Å². The van der Waals surface area contributed by atoms with Gasteiger partial charge in [-0.1, -0.05) is 18.2 Å². The summed E-state index contributed by atoms with van der Waals surface area (Å²) < 4.78 is 0. The Morgan fingerprint density at radius 2 is 2.30 bits per heavy atom. The maximum atomic E-state index is 3.23. The van der Waals surface area contributed by atoms with Gasteiger partial charge in [-0.2, -0.15) is 0 Å².